The van der Waals surface area contributed by atoms with Crippen molar-refractivity contribution in [3.05, 3.63) is 52.6 Å². The van der Waals surface area contributed by atoms with Gasteiger partial charge in [0.25, 0.3) is 0 Å². The minimum absolute atomic E-state index is 0.144. The van der Waals surface area contributed by atoms with Crippen LogP contribution in [0.4, 0.5) is 4.39 Å². The zero-order valence-corrected chi connectivity index (χ0v) is 11.7. The van der Waals surface area contributed by atoms with Crippen molar-refractivity contribution in [1.29, 1.82) is 0 Å². The quantitative estimate of drug-likeness (QED) is 0.935. The molecule has 19 heavy (non-hydrogen) atoms. The van der Waals surface area contributed by atoms with Crippen LogP contribution >= 0.6 is 11.6 Å². The molecule has 0 aliphatic rings. The number of hydrogen-bond acceptors (Lipinski definition) is 2. The number of aliphatic hydroxyl groups is 1. The second-order valence-corrected chi connectivity index (χ2v) is 5.11. The molecule has 3 nitrogen and oxygen atoms in total. The van der Waals surface area contributed by atoms with Crippen molar-refractivity contribution in [2.24, 2.45) is 0 Å². The summed E-state index contributed by atoms with van der Waals surface area (Å²) in [5.41, 5.74) is -0.307. The van der Waals surface area contributed by atoms with Crippen LogP contribution in [0.1, 0.15) is 25.1 Å². The van der Waals surface area contributed by atoms with Gasteiger partial charge in [-0.3, -0.25) is 4.68 Å². The third-order valence-electron chi connectivity index (χ3n) is 3.10. The fraction of sp³-hybridized carbons (Fsp3) is 0.357. The average Bonchev–Trinajstić information content (AvgIpc) is 2.74. The highest BCUT2D eigenvalue weighted by Crippen LogP contribution is 2.31. The van der Waals surface area contributed by atoms with Crippen molar-refractivity contribution >= 4 is 11.6 Å². The second kappa shape index (κ2) is 5.31. The Balaban J connectivity index is 2.37. The first-order chi connectivity index (χ1) is 8.95. The molecule has 5 heteroatoms. The van der Waals surface area contributed by atoms with Crippen molar-refractivity contribution in [2.45, 2.75) is 32.4 Å². The van der Waals surface area contributed by atoms with Gasteiger partial charge in [0.1, 0.15) is 11.4 Å². The normalized spacial score (nSPS) is 14.4. The number of halogens is 2. The number of nitrogens with zero attached hydrogens (tertiary/aromatic N) is 2. The smallest absolute Gasteiger partial charge is 0.126 e. The van der Waals surface area contributed by atoms with Gasteiger partial charge in [-0.05, 0) is 25.5 Å². The van der Waals surface area contributed by atoms with Crippen molar-refractivity contribution in [2.75, 3.05) is 0 Å². The van der Waals surface area contributed by atoms with E-state index >= 15 is 0 Å². The summed E-state index contributed by atoms with van der Waals surface area (Å²) in [7, 11) is 0. The Morgan fingerprint density at radius 2 is 2.11 bits per heavy atom. The summed E-state index contributed by atoms with van der Waals surface area (Å²) < 4.78 is 15.3. The lowest BCUT2D eigenvalue weighted by atomic mass is 9.92. The van der Waals surface area contributed by atoms with Gasteiger partial charge in [0.05, 0.1) is 16.9 Å². The first-order valence-electron chi connectivity index (χ1n) is 6.13. The molecule has 1 atom stereocenters. The summed E-state index contributed by atoms with van der Waals surface area (Å²) in [6.45, 7) is 4.12. The zero-order valence-electron chi connectivity index (χ0n) is 10.9. The molecule has 1 unspecified atom stereocenters. The van der Waals surface area contributed by atoms with Gasteiger partial charge in [-0.25, -0.2) is 4.39 Å². The van der Waals surface area contributed by atoms with E-state index in [0.29, 0.717) is 22.8 Å². The molecule has 1 heterocycles. The summed E-state index contributed by atoms with van der Waals surface area (Å²) in [5.74, 6) is -0.332. The zero-order chi connectivity index (χ0) is 14.0. The van der Waals surface area contributed by atoms with Gasteiger partial charge in [-0.1, -0.05) is 29.8 Å². The molecule has 2 aromatic rings. The van der Waals surface area contributed by atoms with Crippen LogP contribution in [0, 0.1) is 5.82 Å². The minimum atomic E-state index is -1.27. The largest absolute Gasteiger partial charge is 0.383 e. The Bertz CT molecular complexity index is 581. The Morgan fingerprint density at radius 3 is 2.74 bits per heavy atom. The molecule has 0 bridgehead atoms. The summed E-state index contributed by atoms with van der Waals surface area (Å²) in [5, 5.41) is 15.1. The maximum atomic E-state index is 13.7. The first kappa shape index (κ1) is 14.0. The fourth-order valence-electron chi connectivity index (χ4n) is 2.23. The maximum Gasteiger partial charge on any atom is 0.126 e. The van der Waals surface area contributed by atoms with Crippen LogP contribution in [0.2, 0.25) is 5.02 Å². The molecule has 0 saturated carbocycles. The topological polar surface area (TPSA) is 38.0 Å². The lowest BCUT2D eigenvalue weighted by Gasteiger charge is -2.25. The molecule has 0 radical (unpaired) electrons. The van der Waals surface area contributed by atoms with Crippen LogP contribution in [0.5, 0.6) is 0 Å². The predicted octanol–water partition coefficient (Wildman–Crippen LogP) is 3.15. The van der Waals surface area contributed by atoms with Gasteiger partial charge in [0.2, 0.25) is 0 Å². The van der Waals surface area contributed by atoms with E-state index in [1.54, 1.807) is 29.8 Å². The Labute approximate surface area is 116 Å². The molecule has 0 fully saturated rings. The summed E-state index contributed by atoms with van der Waals surface area (Å²) in [6, 6.07) is 6.40. The molecular formula is C14H16ClFN2O. The number of rotatable bonds is 4. The Kier molecular flexibility index (Phi) is 3.92. The van der Waals surface area contributed by atoms with E-state index in [2.05, 4.69) is 5.10 Å². The number of hydrogen-bond donors (Lipinski definition) is 1. The molecule has 1 aromatic carbocycles. The summed E-state index contributed by atoms with van der Waals surface area (Å²) >= 11 is 6.08. The molecule has 2 rings (SSSR count). The molecule has 0 saturated heterocycles. The van der Waals surface area contributed by atoms with Gasteiger partial charge in [0, 0.05) is 13.0 Å². The van der Waals surface area contributed by atoms with Crippen LogP contribution < -0.4 is 0 Å². The van der Waals surface area contributed by atoms with Crippen LogP contribution in [-0.2, 0) is 18.6 Å². The van der Waals surface area contributed by atoms with E-state index < -0.39 is 5.60 Å². The highest BCUT2D eigenvalue weighted by Gasteiger charge is 2.31. The van der Waals surface area contributed by atoms with Crippen molar-refractivity contribution in [1.82, 2.24) is 9.78 Å². The van der Waals surface area contributed by atoms with Crippen LogP contribution in [0.3, 0.4) is 0 Å². The van der Waals surface area contributed by atoms with Crippen LogP contribution in [0.25, 0.3) is 0 Å². The van der Waals surface area contributed by atoms with E-state index in [4.69, 9.17) is 11.6 Å². The standard InChI is InChI=1S/C14H16ClFN2O/c1-3-18-13(11(15)9-17-18)14(2,19)8-10-6-4-5-7-12(10)16/h4-7,9,19H,3,8H2,1-2H3. The van der Waals surface area contributed by atoms with Crippen molar-refractivity contribution in [3.63, 3.8) is 0 Å². The van der Waals surface area contributed by atoms with E-state index in [1.807, 2.05) is 6.92 Å². The summed E-state index contributed by atoms with van der Waals surface area (Å²) in [6.07, 6.45) is 1.64. The lowest BCUT2D eigenvalue weighted by molar-refractivity contribution is 0.0472. The molecule has 0 aliphatic heterocycles. The molecule has 0 aliphatic carbocycles. The van der Waals surface area contributed by atoms with E-state index in [0.717, 1.165) is 0 Å². The Morgan fingerprint density at radius 1 is 1.42 bits per heavy atom. The molecule has 0 amide bonds. The third-order valence-corrected chi connectivity index (χ3v) is 3.37. The number of benzene rings is 1. The van der Waals surface area contributed by atoms with Gasteiger partial charge in [-0.15, -0.1) is 0 Å². The summed E-state index contributed by atoms with van der Waals surface area (Å²) in [4.78, 5) is 0. The van der Waals surface area contributed by atoms with Crippen molar-refractivity contribution < 1.29 is 9.50 Å². The highest BCUT2D eigenvalue weighted by molar-refractivity contribution is 6.31. The van der Waals surface area contributed by atoms with E-state index in [9.17, 15) is 9.50 Å². The predicted molar refractivity (Wildman–Crippen MR) is 72.6 cm³/mol. The van der Waals surface area contributed by atoms with Gasteiger partial charge in [0.15, 0.2) is 0 Å². The van der Waals surface area contributed by atoms with Crippen LogP contribution in [0.15, 0.2) is 30.5 Å². The van der Waals surface area contributed by atoms with Gasteiger partial charge >= 0.3 is 0 Å². The average molecular weight is 283 g/mol. The van der Waals surface area contributed by atoms with E-state index in [-0.39, 0.29) is 12.2 Å². The highest BCUT2D eigenvalue weighted by atomic mass is 35.5. The van der Waals surface area contributed by atoms with Crippen LogP contribution in [-0.4, -0.2) is 14.9 Å². The molecule has 102 valence electrons. The molecular weight excluding hydrogens is 267 g/mol. The van der Waals surface area contributed by atoms with E-state index in [1.165, 1.54) is 12.3 Å². The SMILES string of the molecule is CCn1ncc(Cl)c1C(C)(O)Cc1ccccc1F. The second-order valence-electron chi connectivity index (χ2n) is 4.70. The molecule has 1 N–H and O–H groups in total. The monoisotopic (exact) mass is 282 g/mol. The minimum Gasteiger partial charge on any atom is -0.383 e. The fourth-order valence-corrected chi connectivity index (χ4v) is 2.58. The maximum absolute atomic E-state index is 13.7. The Hall–Kier alpha value is -1.39. The van der Waals surface area contributed by atoms with Crippen molar-refractivity contribution in [3.8, 4) is 0 Å². The molecule has 1 aromatic heterocycles. The number of aryl methyl sites for hydroxylation is 1. The van der Waals surface area contributed by atoms with Gasteiger partial charge < -0.3 is 5.11 Å². The molecule has 0 spiro atoms. The lowest BCUT2D eigenvalue weighted by Crippen LogP contribution is -2.29. The number of aromatic nitrogens is 2. The van der Waals surface area contributed by atoms with Gasteiger partial charge in [-0.2, -0.15) is 5.10 Å². The first-order valence-corrected chi connectivity index (χ1v) is 6.51. The third kappa shape index (κ3) is 2.80.